The van der Waals surface area contributed by atoms with Crippen LogP contribution in [0.4, 0.5) is 0 Å². The second-order valence-corrected chi connectivity index (χ2v) is 8.17. The van der Waals surface area contributed by atoms with Crippen molar-refractivity contribution in [3.05, 3.63) is 83.2 Å². The number of para-hydroxylation sites is 1. The maximum absolute atomic E-state index is 13.0. The van der Waals surface area contributed by atoms with Gasteiger partial charge >= 0.3 is 0 Å². The minimum absolute atomic E-state index is 0.355. The van der Waals surface area contributed by atoms with Crippen molar-refractivity contribution in [2.45, 2.75) is 0 Å². The summed E-state index contributed by atoms with van der Waals surface area (Å²) in [7, 11) is 6.74. The first-order valence-electron chi connectivity index (χ1n) is 10.3. The number of hydrogen-bond acceptors (Lipinski definition) is 5. The lowest BCUT2D eigenvalue weighted by Crippen LogP contribution is -2.14. The first-order valence-corrected chi connectivity index (χ1v) is 11.1. The van der Waals surface area contributed by atoms with Crippen molar-refractivity contribution in [2.75, 3.05) is 21.3 Å². The number of rotatable bonds is 6. The zero-order valence-electron chi connectivity index (χ0n) is 18.9. The summed E-state index contributed by atoms with van der Waals surface area (Å²) in [6.07, 6.45) is 0. The van der Waals surface area contributed by atoms with Gasteiger partial charge in [-0.05, 0) is 71.8 Å². The van der Waals surface area contributed by atoms with Gasteiger partial charge < -0.3 is 18.8 Å². The lowest BCUT2D eigenvalue weighted by molar-refractivity contribution is 0.0995. The van der Waals surface area contributed by atoms with E-state index in [4.69, 9.17) is 14.2 Å². The van der Waals surface area contributed by atoms with Crippen molar-refractivity contribution in [3.8, 4) is 38.9 Å². The maximum atomic E-state index is 13.0. The van der Waals surface area contributed by atoms with Gasteiger partial charge in [0.15, 0.2) is 4.80 Å². The Kier molecular flexibility index (Phi) is 6.60. The van der Waals surface area contributed by atoms with Gasteiger partial charge in [0.05, 0.1) is 37.5 Å². The highest BCUT2D eigenvalue weighted by atomic mass is 32.1. The van der Waals surface area contributed by atoms with Crippen molar-refractivity contribution in [1.29, 1.82) is 0 Å². The van der Waals surface area contributed by atoms with Crippen LogP contribution in [0.3, 0.4) is 0 Å². The molecule has 33 heavy (non-hydrogen) atoms. The molecule has 3 aromatic carbocycles. The van der Waals surface area contributed by atoms with Crippen LogP contribution in [0.5, 0.6) is 17.2 Å². The molecule has 1 aromatic heterocycles. The molecule has 6 nitrogen and oxygen atoms in total. The van der Waals surface area contributed by atoms with Gasteiger partial charge in [0.25, 0.3) is 5.91 Å². The van der Waals surface area contributed by atoms with Crippen molar-refractivity contribution >= 4 is 17.2 Å². The fraction of sp³-hybridized carbons (Fsp3) is 0.154. The fourth-order valence-electron chi connectivity index (χ4n) is 3.53. The van der Waals surface area contributed by atoms with Crippen LogP contribution in [0, 0.1) is 0 Å². The van der Waals surface area contributed by atoms with Gasteiger partial charge in [-0.15, -0.1) is 0 Å². The summed E-state index contributed by atoms with van der Waals surface area (Å²) in [6, 6.07) is 22.8. The molecule has 0 N–H and O–H groups in total. The minimum atomic E-state index is -0.355. The van der Waals surface area contributed by atoms with Gasteiger partial charge in [0, 0.05) is 7.05 Å². The first kappa shape index (κ1) is 22.4. The van der Waals surface area contributed by atoms with E-state index in [0.29, 0.717) is 16.1 Å². The van der Waals surface area contributed by atoms with Crippen LogP contribution in [0.1, 0.15) is 10.4 Å². The standard InChI is InChI=1S/C26H24N2O4S/c1-28-23(17-9-13-19(30-2)14-10-17)24(18-11-15-20(31-3)16-12-18)33-26(28)27-25(29)21-7-5-6-8-22(21)32-4/h5-16H,1-4H3. The Labute approximate surface area is 196 Å². The lowest BCUT2D eigenvalue weighted by atomic mass is 10.1. The summed E-state index contributed by atoms with van der Waals surface area (Å²) in [6.45, 7) is 0. The van der Waals surface area contributed by atoms with Crippen LogP contribution in [-0.4, -0.2) is 31.8 Å². The van der Waals surface area contributed by atoms with Crippen LogP contribution in [0.15, 0.2) is 77.8 Å². The SMILES string of the molecule is COc1ccc(-c2sc(=NC(=O)c3ccccc3OC)n(C)c2-c2ccc(OC)cc2)cc1. The molecule has 0 aliphatic rings. The smallest absolute Gasteiger partial charge is 0.283 e. The predicted molar refractivity (Wildman–Crippen MR) is 130 cm³/mol. The minimum Gasteiger partial charge on any atom is -0.497 e. The van der Waals surface area contributed by atoms with Gasteiger partial charge in [-0.3, -0.25) is 4.79 Å². The van der Waals surface area contributed by atoms with E-state index in [1.807, 2.05) is 66.2 Å². The molecule has 0 radical (unpaired) electrons. The molecule has 1 amide bonds. The summed E-state index contributed by atoms with van der Waals surface area (Å²) in [5, 5.41) is 0. The molecule has 7 heteroatoms. The Morgan fingerprint density at radius 3 is 1.94 bits per heavy atom. The quantitative estimate of drug-likeness (QED) is 0.397. The van der Waals surface area contributed by atoms with E-state index in [9.17, 15) is 4.79 Å². The number of aromatic nitrogens is 1. The van der Waals surface area contributed by atoms with Crippen molar-refractivity contribution in [2.24, 2.45) is 12.0 Å². The number of nitrogens with zero attached hydrogens (tertiary/aromatic N) is 2. The second-order valence-electron chi connectivity index (χ2n) is 7.20. The molecule has 0 saturated carbocycles. The Bertz CT molecular complexity index is 1340. The third-order valence-corrected chi connectivity index (χ3v) is 6.46. The van der Waals surface area contributed by atoms with Crippen molar-refractivity contribution in [1.82, 2.24) is 4.57 Å². The summed E-state index contributed by atoms with van der Waals surface area (Å²) < 4.78 is 17.9. The normalized spacial score (nSPS) is 11.3. The van der Waals surface area contributed by atoms with E-state index in [-0.39, 0.29) is 5.91 Å². The molecule has 0 spiro atoms. The Morgan fingerprint density at radius 1 is 0.788 bits per heavy atom. The molecule has 0 aliphatic heterocycles. The number of benzene rings is 3. The van der Waals surface area contributed by atoms with Gasteiger partial charge in [0.1, 0.15) is 17.2 Å². The van der Waals surface area contributed by atoms with Crippen molar-refractivity contribution < 1.29 is 19.0 Å². The van der Waals surface area contributed by atoms with E-state index in [1.54, 1.807) is 39.5 Å². The van der Waals surface area contributed by atoms with Crippen LogP contribution in [-0.2, 0) is 7.05 Å². The van der Waals surface area contributed by atoms with Crippen LogP contribution in [0.25, 0.3) is 21.7 Å². The molecule has 4 aromatic rings. The van der Waals surface area contributed by atoms with Crippen LogP contribution in [0.2, 0.25) is 0 Å². The van der Waals surface area contributed by atoms with E-state index in [2.05, 4.69) is 4.99 Å². The predicted octanol–water partition coefficient (Wildman–Crippen LogP) is 5.19. The lowest BCUT2D eigenvalue weighted by Gasteiger charge is -2.09. The Balaban J connectivity index is 1.89. The molecular weight excluding hydrogens is 436 g/mol. The number of methoxy groups -OCH3 is 3. The Hall–Kier alpha value is -3.84. The molecule has 1 heterocycles. The number of amides is 1. The number of carbonyl (C=O) groups excluding carboxylic acids is 1. The van der Waals surface area contributed by atoms with Crippen molar-refractivity contribution in [3.63, 3.8) is 0 Å². The third-order valence-electron chi connectivity index (χ3n) is 5.28. The largest absolute Gasteiger partial charge is 0.497 e. The highest BCUT2D eigenvalue weighted by Crippen LogP contribution is 2.35. The zero-order valence-corrected chi connectivity index (χ0v) is 19.7. The summed E-state index contributed by atoms with van der Waals surface area (Å²) in [5.41, 5.74) is 3.38. The van der Waals surface area contributed by atoms with Crippen LogP contribution < -0.4 is 19.0 Å². The monoisotopic (exact) mass is 460 g/mol. The summed E-state index contributed by atoms with van der Waals surface area (Å²) in [4.78, 5) is 19.1. The molecule has 0 bridgehead atoms. The number of carbonyl (C=O) groups is 1. The second kappa shape index (κ2) is 9.75. The molecule has 0 unspecified atom stereocenters. The number of hydrogen-bond donors (Lipinski definition) is 0. The average molecular weight is 461 g/mol. The molecular formula is C26H24N2O4S. The molecule has 0 fully saturated rings. The number of ether oxygens (including phenoxy) is 3. The molecule has 4 rings (SSSR count). The van der Waals surface area contributed by atoms with Crippen LogP contribution >= 0.6 is 11.3 Å². The highest BCUT2D eigenvalue weighted by Gasteiger charge is 2.17. The maximum Gasteiger partial charge on any atom is 0.283 e. The molecule has 0 aliphatic carbocycles. The third kappa shape index (κ3) is 4.54. The molecule has 0 atom stereocenters. The highest BCUT2D eigenvalue weighted by molar-refractivity contribution is 7.13. The van der Waals surface area contributed by atoms with Gasteiger partial charge in [0.2, 0.25) is 0 Å². The van der Waals surface area contributed by atoms with E-state index in [0.717, 1.165) is 33.2 Å². The first-order chi connectivity index (χ1) is 16.0. The van der Waals surface area contributed by atoms with E-state index < -0.39 is 0 Å². The topological polar surface area (TPSA) is 62.0 Å². The van der Waals surface area contributed by atoms with Gasteiger partial charge in [-0.25, -0.2) is 0 Å². The fourth-order valence-corrected chi connectivity index (χ4v) is 4.68. The van der Waals surface area contributed by atoms with Gasteiger partial charge in [-0.2, -0.15) is 4.99 Å². The molecule has 168 valence electrons. The number of thiazole rings is 1. The zero-order chi connectivity index (χ0) is 23.4. The van der Waals surface area contributed by atoms with E-state index in [1.165, 1.54) is 11.3 Å². The van der Waals surface area contributed by atoms with Gasteiger partial charge in [-0.1, -0.05) is 23.5 Å². The average Bonchev–Trinajstić information content (AvgIpc) is 3.19. The Morgan fingerprint density at radius 2 is 1.36 bits per heavy atom. The molecule has 0 saturated heterocycles. The van der Waals surface area contributed by atoms with E-state index >= 15 is 0 Å². The summed E-state index contributed by atoms with van der Waals surface area (Å²) in [5.74, 6) is 1.70. The summed E-state index contributed by atoms with van der Waals surface area (Å²) >= 11 is 1.46.